The molecule has 0 aliphatic carbocycles. The second-order valence-electron chi connectivity index (χ2n) is 6.75. The van der Waals surface area contributed by atoms with Crippen LogP contribution >= 0.6 is 0 Å². The maximum Gasteiger partial charge on any atom is 0 e. The molecule has 1 aromatic carbocycles. The first-order chi connectivity index (χ1) is 17.8. The molecule has 0 saturated carbocycles. The summed E-state index contributed by atoms with van der Waals surface area (Å²) in [5.74, 6) is 0.483. The summed E-state index contributed by atoms with van der Waals surface area (Å²) < 4.78 is 57.9. The van der Waals surface area contributed by atoms with E-state index in [0.29, 0.717) is 11.5 Å². The minimum atomic E-state index is -0.863. The standard InChI is InChI=1S/C20H23NO6.5CO.Cr/c1-20(2,3)27-19(23)21-17(18(22)24-4)12-14-7-9-15(10-8-14)26-13-16-6-5-11-25-16;5*1-2;/h5-11,17H,12H2,1-4H3,(H,21,23);;;;;;/t17-;;;;;;/m0....../s1. The third-order valence-corrected chi connectivity index (χ3v) is 3.33. The number of methoxy groups -OCH3 is 1. The normalized spacial score (nSPS) is 8.89. The summed E-state index contributed by atoms with van der Waals surface area (Å²) in [7, 11) is 1.27. The quantitative estimate of drug-likeness (QED) is 0.305. The second kappa shape index (κ2) is 29.5. The van der Waals surface area contributed by atoms with Crippen LogP contribution in [0.4, 0.5) is 4.79 Å². The van der Waals surface area contributed by atoms with Gasteiger partial charge in [0, 0.05) is 23.8 Å². The third-order valence-electron chi connectivity index (χ3n) is 3.33. The van der Waals surface area contributed by atoms with Gasteiger partial charge in [-0.05, 0) is 50.6 Å². The van der Waals surface area contributed by atoms with Crippen LogP contribution in [0.3, 0.4) is 0 Å². The SMILES string of the molecule is COC(=O)[C@H](Cc1ccc(O[C]c2ccco2)cc1)NC(=O)OC(C)(C)C.[C-]#[O+].[C-]#[O+].[C-]#[O+].[C-]#[O+].[C-]#[O+].[Cr]. The van der Waals surface area contributed by atoms with Gasteiger partial charge in [-0.15, -0.1) is 0 Å². The van der Waals surface area contributed by atoms with Crippen molar-refractivity contribution in [3.63, 3.8) is 0 Å². The number of hydrogen-bond donors (Lipinski definition) is 1. The number of hydrogen-bond acceptors (Lipinski definition) is 6. The van der Waals surface area contributed by atoms with E-state index in [4.69, 9.17) is 41.9 Å². The predicted octanol–water partition coefficient (Wildman–Crippen LogP) is 3.16. The molecule has 0 aliphatic heterocycles. The number of carbonyl (C=O) groups is 2. The Labute approximate surface area is 231 Å². The predicted molar refractivity (Wildman–Crippen MR) is 117 cm³/mol. The molecule has 0 unspecified atom stereocenters. The molecule has 2 aromatic rings. The van der Waals surface area contributed by atoms with Crippen molar-refractivity contribution in [3.8, 4) is 5.75 Å². The molecule has 12 nitrogen and oxygen atoms in total. The average molecular weight is 565 g/mol. The fourth-order valence-corrected chi connectivity index (χ4v) is 2.16. The molecule has 0 fully saturated rings. The van der Waals surface area contributed by atoms with Gasteiger partial charge >= 0.3 is 68.6 Å². The molecule has 1 N–H and O–H groups in total. The Bertz CT molecular complexity index is 920. The van der Waals surface area contributed by atoms with Crippen LogP contribution in [0, 0.1) is 39.9 Å². The van der Waals surface area contributed by atoms with Gasteiger partial charge in [-0.3, -0.25) is 0 Å². The Morgan fingerprint density at radius 3 is 1.84 bits per heavy atom. The van der Waals surface area contributed by atoms with Crippen molar-refractivity contribution in [1.29, 1.82) is 0 Å². The van der Waals surface area contributed by atoms with Crippen molar-refractivity contribution < 1.29 is 68.8 Å². The molecule has 2 rings (SSSR count). The molecule has 2 radical (unpaired) electrons. The molecule has 1 atom stereocenters. The first-order valence-corrected chi connectivity index (χ1v) is 9.41. The van der Waals surface area contributed by atoms with E-state index in [1.807, 2.05) is 0 Å². The fourth-order valence-electron chi connectivity index (χ4n) is 2.16. The van der Waals surface area contributed by atoms with Gasteiger partial charge in [0.05, 0.1) is 13.4 Å². The Kier molecular flexibility index (Phi) is 34.4. The summed E-state index contributed by atoms with van der Waals surface area (Å²) in [6.45, 7) is 30.4. The Morgan fingerprint density at radius 2 is 1.45 bits per heavy atom. The molecule has 1 aromatic heterocycles. The van der Waals surface area contributed by atoms with Crippen LogP contribution in [-0.2, 0) is 61.3 Å². The van der Waals surface area contributed by atoms with E-state index in [2.05, 4.69) is 45.2 Å². The van der Waals surface area contributed by atoms with Gasteiger partial charge in [-0.25, -0.2) is 9.59 Å². The second-order valence-corrected chi connectivity index (χ2v) is 6.75. The van der Waals surface area contributed by atoms with Gasteiger partial charge in [0.15, 0.2) is 5.76 Å². The maximum absolute atomic E-state index is 12.0. The summed E-state index contributed by atoms with van der Waals surface area (Å²) in [6, 6.07) is 9.62. The van der Waals surface area contributed by atoms with Crippen molar-refractivity contribution >= 4 is 12.1 Å². The van der Waals surface area contributed by atoms with Crippen molar-refractivity contribution in [2.45, 2.75) is 38.8 Å². The zero-order valence-electron chi connectivity index (χ0n) is 20.7. The molecule has 0 spiro atoms. The molecule has 1 amide bonds. The number of esters is 1. The zero-order valence-corrected chi connectivity index (χ0v) is 22.0. The van der Waals surface area contributed by atoms with Crippen LogP contribution in [0.1, 0.15) is 32.1 Å². The van der Waals surface area contributed by atoms with E-state index in [1.54, 1.807) is 57.2 Å². The van der Waals surface area contributed by atoms with Crippen molar-refractivity contribution in [3.05, 3.63) is 93.8 Å². The van der Waals surface area contributed by atoms with E-state index in [0.717, 1.165) is 5.56 Å². The van der Waals surface area contributed by atoms with Gasteiger partial charge in [0.1, 0.15) is 17.4 Å². The van der Waals surface area contributed by atoms with E-state index in [-0.39, 0.29) is 23.8 Å². The number of nitrogens with one attached hydrogen (secondary N) is 1. The van der Waals surface area contributed by atoms with Crippen LogP contribution in [0.25, 0.3) is 0 Å². The molecule has 13 heteroatoms. The van der Waals surface area contributed by atoms with Crippen molar-refractivity contribution in [1.82, 2.24) is 5.32 Å². The maximum atomic E-state index is 12.0. The fraction of sp³-hybridized carbons (Fsp3) is 0.280. The Balaban J connectivity index is -0.000000295. The molecule has 0 bridgehead atoms. The molecule has 200 valence electrons. The number of amides is 1. The van der Waals surface area contributed by atoms with Gasteiger partial charge < -0.3 is 23.9 Å². The number of rotatable bonds is 7. The molecular weight excluding hydrogens is 542 g/mol. The minimum Gasteiger partial charge on any atom is 0 e. The van der Waals surface area contributed by atoms with Crippen molar-refractivity contribution in [2.24, 2.45) is 0 Å². The summed E-state index contributed by atoms with van der Waals surface area (Å²) >= 11 is 0. The first kappa shape index (κ1) is 44.3. The van der Waals surface area contributed by atoms with E-state index in [9.17, 15) is 9.59 Å². The van der Waals surface area contributed by atoms with E-state index < -0.39 is 23.7 Å². The van der Waals surface area contributed by atoms with Gasteiger partial charge in [0.25, 0.3) is 6.61 Å². The molecule has 0 aliphatic rings. The molecular formula is C25H23CrNO11. The largest absolute Gasteiger partial charge is 0 e. The summed E-state index contributed by atoms with van der Waals surface area (Å²) in [6.07, 6.45) is 1.09. The van der Waals surface area contributed by atoms with Gasteiger partial charge in [-0.1, -0.05) is 12.1 Å². The Hall–Kier alpha value is -3.73. The van der Waals surface area contributed by atoms with Crippen molar-refractivity contribution in [2.75, 3.05) is 7.11 Å². The van der Waals surface area contributed by atoms with E-state index >= 15 is 0 Å². The Morgan fingerprint density at radius 1 is 0.947 bits per heavy atom. The topological polar surface area (TPSA) is 187 Å². The molecule has 1 heterocycles. The number of furan rings is 1. The number of benzene rings is 1. The molecule has 0 saturated heterocycles. The number of ether oxygens (including phenoxy) is 3. The summed E-state index contributed by atoms with van der Waals surface area (Å²) in [5.41, 5.74) is 0.150. The van der Waals surface area contributed by atoms with E-state index in [1.165, 1.54) is 13.4 Å². The zero-order chi connectivity index (χ0) is 29.9. The van der Waals surface area contributed by atoms with Gasteiger partial charge in [0.2, 0.25) is 0 Å². The van der Waals surface area contributed by atoms with Crippen LogP contribution in [-0.4, -0.2) is 30.8 Å². The summed E-state index contributed by atoms with van der Waals surface area (Å²) in [5, 5.41) is 2.54. The minimum absolute atomic E-state index is 0. The number of carbonyl (C=O) groups excluding carboxylic acids is 2. The molecule has 38 heavy (non-hydrogen) atoms. The number of alkyl carbamates (subject to hydrolysis) is 1. The van der Waals surface area contributed by atoms with Crippen LogP contribution in [0.15, 0.2) is 47.1 Å². The van der Waals surface area contributed by atoms with Crippen LogP contribution < -0.4 is 10.1 Å². The summed E-state index contributed by atoms with van der Waals surface area (Å²) in [4.78, 5) is 23.9. The van der Waals surface area contributed by atoms with Crippen LogP contribution in [0.5, 0.6) is 5.75 Å². The third kappa shape index (κ3) is 22.7. The smallest absolute Gasteiger partial charge is 0 e. The van der Waals surface area contributed by atoms with Gasteiger partial charge in [-0.2, -0.15) is 0 Å². The van der Waals surface area contributed by atoms with Crippen LogP contribution in [0.2, 0.25) is 0 Å². The monoisotopic (exact) mass is 565 g/mol. The first-order valence-electron chi connectivity index (χ1n) is 9.41. The average Bonchev–Trinajstić information content (AvgIpc) is 3.46.